The lowest BCUT2D eigenvalue weighted by Crippen LogP contribution is -2.25. The largest absolute Gasteiger partial charge is 0.300 e. The number of halogens is 1. The van der Waals surface area contributed by atoms with Crippen molar-refractivity contribution in [3.63, 3.8) is 0 Å². The van der Waals surface area contributed by atoms with Crippen LogP contribution in [0.3, 0.4) is 0 Å². The first kappa shape index (κ1) is 12.7. The summed E-state index contributed by atoms with van der Waals surface area (Å²) in [6.07, 6.45) is 0. The number of rotatable bonds is 5. The average molecular weight is 271 g/mol. The summed E-state index contributed by atoms with van der Waals surface area (Å²) < 4.78 is 0. The maximum absolute atomic E-state index is 4.49. The minimum atomic E-state index is 0.680. The molecule has 2 nitrogen and oxygen atoms in total. The van der Waals surface area contributed by atoms with Gasteiger partial charge in [0, 0.05) is 24.1 Å². The number of alkyl halides is 1. The second-order valence-corrected chi connectivity index (χ2v) is 4.87. The Morgan fingerprint density at radius 3 is 2.80 bits per heavy atom. The van der Waals surface area contributed by atoms with Gasteiger partial charge in [0.25, 0.3) is 0 Å². The molecule has 1 rings (SSSR count). The smallest absolute Gasteiger partial charge is 0.0547 e. The van der Waals surface area contributed by atoms with E-state index in [0.29, 0.717) is 5.92 Å². The second-order valence-electron chi connectivity index (χ2n) is 4.23. The van der Waals surface area contributed by atoms with E-state index in [1.54, 1.807) is 0 Å². The highest BCUT2D eigenvalue weighted by Gasteiger charge is 2.06. The molecule has 0 aliphatic rings. The molecule has 3 heteroatoms. The lowest BCUT2D eigenvalue weighted by Gasteiger charge is -2.19. The van der Waals surface area contributed by atoms with Crippen molar-refractivity contribution in [3.05, 3.63) is 29.6 Å². The zero-order valence-corrected chi connectivity index (χ0v) is 11.3. The van der Waals surface area contributed by atoms with E-state index in [-0.39, 0.29) is 0 Å². The van der Waals surface area contributed by atoms with E-state index >= 15 is 0 Å². The monoisotopic (exact) mass is 270 g/mol. The highest BCUT2D eigenvalue weighted by Crippen LogP contribution is 2.06. The minimum Gasteiger partial charge on any atom is -0.300 e. The number of nitrogens with zero attached hydrogens (tertiary/aromatic N) is 2. The third-order valence-corrected chi connectivity index (χ3v) is 3.37. The Morgan fingerprint density at radius 1 is 1.47 bits per heavy atom. The molecule has 0 aliphatic heterocycles. The van der Waals surface area contributed by atoms with Gasteiger partial charge in [-0.1, -0.05) is 28.9 Å². The Balaban J connectivity index is 2.47. The topological polar surface area (TPSA) is 16.1 Å². The van der Waals surface area contributed by atoms with Crippen molar-refractivity contribution >= 4 is 15.9 Å². The maximum Gasteiger partial charge on any atom is 0.0547 e. The lowest BCUT2D eigenvalue weighted by molar-refractivity contribution is 0.288. The average Bonchev–Trinajstić information content (AvgIpc) is 2.17. The molecule has 1 unspecified atom stereocenters. The zero-order valence-electron chi connectivity index (χ0n) is 9.70. The predicted molar refractivity (Wildman–Crippen MR) is 68.3 cm³/mol. The van der Waals surface area contributed by atoms with Crippen molar-refractivity contribution in [2.75, 3.05) is 18.9 Å². The molecular formula is C12H19BrN2. The molecule has 0 aromatic carbocycles. The van der Waals surface area contributed by atoms with Gasteiger partial charge in [0.2, 0.25) is 0 Å². The van der Waals surface area contributed by atoms with Crippen LogP contribution >= 0.6 is 15.9 Å². The van der Waals surface area contributed by atoms with Gasteiger partial charge >= 0.3 is 0 Å². The van der Waals surface area contributed by atoms with E-state index in [1.807, 2.05) is 13.0 Å². The van der Waals surface area contributed by atoms with Crippen molar-refractivity contribution < 1.29 is 0 Å². The standard InChI is InChI=1S/C12H19BrN2/c1-10(7-13)8-15(3)9-12-6-4-5-11(2)14-12/h4-6,10H,7-9H2,1-3H3. The molecule has 0 amide bonds. The molecule has 0 saturated heterocycles. The molecule has 0 spiro atoms. The van der Waals surface area contributed by atoms with Crippen LogP contribution in [-0.4, -0.2) is 28.8 Å². The van der Waals surface area contributed by atoms with Crippen LogP contribution in [0.5, 0.6) is 0 Å². The van der Waals surface area contributed by atoms with Crippen LogP contribution in [0.1, 0.15) is 18.3 Å². The van der Waals surface area contributed by atoms with Gasteiger partial charge in [0.05, 0.1) is 5.69 Å². The first-order valence-electron chi connectivity index (χ1n) is 5.29. The van der Waals surface area contributed by atoms with Crippen LogP contribution in [-0.2, 0) is 6.54 Å². The number of aromatic nitrogens is 1. The highest BCUT2D eigenvalue weighted by molar-refractivity contribution is 9.09. The Hall–Kier alpha value is -0.410. The Morgan fingerprint density at radius 2 is 2.20 bits per heavy atom. The molecule has 1 aromatic rings. The van der Waals surface area contributed by atoms with Crippen LogP contribution < -0.4 is 0 Å². The molecule has 1 aromatic heterocycles. The van der Waals surface area contributed by atoms with Gasteiger partial charge in [-0.15, -0.1) is 0 Å². The van der Waals surface area contributed by atoms with E-state index < -0.39 is 0 Å². The van der Waals surface area contributed by atoms with Gasteiger partial charge in [0.1, 0.15) is 0 Å². The molecule has 0 radical (unpaired) electrons. The Bertz CT molecular complexity index is 301. The molecule has 0 N–H and O–H groups in total. The number of pyridine rings is 1. The van der Waals surface area contributed by atoms with Crippen LogP contribution in [0.2, 0.25) is 0 Å². The Kier molecular flexibility index (Phi) is 5.26. The molecule has 15 heavy (non-hydrogen) atoms. The first-order chi connectivity index (χ1) is 7.11. The summed E-state index contributed by atoms with van der Waals surface area (Å²) in [6.45, 7) is 6.30. The summed E-state index contributed by atoms with van der Waals surface area (Å²) >= 11 is 3.50. The molecule has 1 heterocycles. The van der Waals surface area contributed by atoms with Crippen LogP contribution in [0, 0.1) is 12.8 Å². The maximum atomic E-state index is 4.49. The van der Waals surface area contributed by atoms with Gasteiger partial charge in [-0.2, -0.15) is 0 Å². The normalized spacial score (nSPS) is 13.1. The highest BCUT2D eigenvalue weighted by atomic mass is 79.9. The van der Waals surface area contributed by atoms with Crippen LogP contribution in [0.15, 0.2) is 18.2 Å². The summed E-state index contributed by atoms with van der Waals surface area (Å²) in [5.74, 6) is 0.680. The van der Waals surface area contributed by atoms with Gasteiger partial charge in [-0.25, -0.2) is 0 Å². The summed E-state index contributed by atoms with van der Waals surface area (Å²) in [4.78, 5) is 6.81. The molecule has 0 bridgehead atoms. The molecule has 84 valence electrons. The van der Waals surface area contributed by atoms with E-state index in [1.165, 1.54) is 0 Å². The Labute approximate surface area is 101 Å². The van der Waals surface area contributed by atoms with E-state index in [2.05, 4.69) is 51.9 Å². The molecule has 0 aliphatic carbocycles. The second kappa shape index (κ2) is 6.23. The summed E-state index contributed by atoms with van der Waals surface area (Å²) in [6, 6.07) is 6.19. The predicted octanol–water partition coefficient (Wildman–Crippen LogP) is 2.85. The fourth-order valence-electron chi connectivity index (χ4n) is 1.61. The van der Waals surface area contributed by atoms with Gasteiger partial charge in [0.15, 0.2) is 0 Å². The van der Waals surface area contributed by atoms with Crippen molar-refractivity contribution in [2.24, 2.45) is 5.92 Å². The van der Waals surface area contributed by atoms with Crippen molar-refractivity contribution in [2.45, 2.75) is 20.4 Å². The first-order valence-corrected chi connectivity index (χ1v) is 6.41. The fourth-order valence-corrected chi connectivity index (χ4v) is 1.81. The fraction of sp³-hybridized carbons (Fsp3) is 0.583. The molecule has 0 fully saturated rings. The summed E-state index contributed by atoms with van der Waals surface area (Å²) in [7, 11) is 2.14. The van der Waals surface area contributed by atoms with E-state index in [4.69, 9.17) is 0 Å². The quantitative estimate of drug-likeness (QED) is 0.765. The van der Waals surface area contributed by atoms with Gasteiger partial charge in [-0.3, -0.25) is 4.98 Å². The van der Waals surface area contributed by atoms with Gasteiger partial charge < -0.3 is 4.90 Å². The van der Waals surface area contributed by atoms with Crippen molar-refractivity contribution in [1.82, 2.24) is 9.88 Å². The summed E-state index contributed by atoms with van der Waals surface area (Å²) in [5.41, 5.74) is 2.24. The lowest BCUT2D eigenvalue weighted by atomic mass is 10.2. The van der Waals surface area contributed by atoms with E-state index in [0.717, 1.165) is 29.8 Å². The van der Waals surface area contributed by atoms with Crippen LogP contribution in [0.4, 0.5) is 0 Å². The zero-order chi connectivity index (χ0) is 11.3. The van der Waals surface area contributed by atoms with Gasteiger partial charge in [-0.05, 0) is 32.0 Å². The third-order valence-electron chi connectivity index (χ3n) is 2.26. The SMILES string of the molecule is Cc1cccc(CN(C)CC(C)CBr)n1. The number of hydrogen-bond acceptors (Lipinski definition) is 2. The molecular weight excluding hydrogens is 252 g/mol. The van der Waals surface area contributed by atoms with Crippen LogP contribution in [0.25, 0.3) is 0 Å². The molecule has 0 saturated carbocycles. The summed E-state index contributed by atoms with van der Waals surface area (Å²) in [5, 5.41) is 1.05. The van der Waals surface area contributed by atoms with Crippen molar-refractivity contribution in [3.8, 4) is 0 Å². The van der Waals surface area contributed by atoms with E-state index in [9.17, 15) is 0 Å². The third kappa shape index (κ3) is 4.76. The number of aryl methyl sites for hydroxylation is 1. The minimum absolute atomic E-state index is 0.680. The number of hydrogen-bond donors (Lipinski definition) is 0. The van der Waals surface area contributed by atoms with Crippen molar-refractivity contribution in [1.29, 1.82) is 0 Å². The molecule has 1 atom stereocenters.